The third-order valence-electron chi connectivity index (χ3n) is 2.89. The Morgan fingerprint density at radius 3 is 2.56 bits per heavy atom. The maximum Gasteiger partial charge on any atom is 0.0611 e. The first-order valence-corrected chi connectivity index (χ1v) is 6.11. The van der Waals surface area contributed by atoms with Crippen LogP contribution in [0.3, 0.4) is 0 Å². The Bertz CT molecular complexity index is 167. The Morgan fingerprint density at radius 2 is 2.06 bits per heavy atom. The monoisotopic (exact) mass is 232 g/mol. The molecule has 2 N–H and O–H groups in total. The highest BCUT2D eigenvalue weighted by atomic mass is 16.5. The first-order valence-electron chi connectivity index (χ1n) is 6.11. The number of aliphatic hydroxyl groups is 1. The van der Waals surface area contributed by atoms with Crippen molar-refractivity contribution in [3.8, 4) is 0 Å². The zero-order valence-electron chi connectivity index (χ0n) is 11.3. The normalized spacial score (nSPS) is 15.4. The van der Waals surface area contributed by atoms with E-state index in [4.69, 9.17) is 4.74 Å². The van der Waals surface area contributed by atoms with Gasteiger partial charge in [-0.25, -0.2) is 0 Å². The summed E-state index contributed by atoms with van der Waals surface area (Å²) in [5.74, 6) is 0. The van der Waals surface area contributed by atoms with Crippen molar-refractivity contribution in [1.29, 1.82) is 0 Å². The van der Waals surface area contributed by atoms with Gasteiger partial charge in [0.25, 0.3) is 0 Å². The van der Waals surface area contributed by atoms with Crippen LogP contribution in [0.4, 0.5) is 0 Å². The molecule has 4 heteroatoms. The molecule has 1 atom stereocenters. The van der Waals surface area contributed by atoms with Crippen molar-refractivity contribution in [3.05, 3.63) is 0 Å². The molecule has 0 aliphatic rings. The van der Waals surface area contributed by atoms with E-state index in [1.54, 1.807) is 7.11 Å². The second-order valence-electron chi connectivity index (χ2n) is 4.65. The van der Waals surface area contributed by atoms with Crippen molar-refractivity contribution in [1.82, 2.24) is 10.2 Å². The fraction of sp³-hybridized carbons (Fsp3) is 1.00. The Balaban J connectivity index is 3.74. The van der Waals surface area contributed by atoms with E-state index in [9.17, 15) is 5.11 Å². The van der Waals surface area contributed by atoms with E-state index in [2.05, 4.69) is 31.1 Å². The highest BCUT2D eigenvalue weighted by molar-refractivity contribution is 4.82. The van der Waals surface area contributed by atoms with Crippen LogP contribution in [-0.4, -0.2) is 62.6 Å². The van der Waals surface area contributed by atoms with E-state index in [0.29, 0.717) is 0 Å². The lowest BCUT2D eigenvalue weighted by Crippen LogP contribution is -2.47. The van der Waals surface area contributed by atoms with Crippen LogP contribution in [0.15, 0.2) is 0 Å². The molecule has 0 fully saturated rings. The average molecular weight is 232 g/mol. The number of likely N-dealkylation sites (N-methyl/N-ethyl adjacent to an activating group) is 1. The van der Waals surface area contributed by atoms with Crippen LogP contribution < -0.4 is 5.32 Å². The Morgan fingerprint density at radius 1 is 1.38 bits per heavy atom. The highest BCUT2D eigenvalue weighted by Gasteiger charge is 2.21. The van der Waals surface area contributed by atoms with Gasteiger partial charge in [0.05, 0.1) is 6.61 Å². The van der Waals surface area contributed by atoms with Crippen LogP contribution in [0.2, 0.25) is 0 Å². The van der Waals surface area contributed by atoms with Gasteiger partial charge in [0, 0.05) is 25.8 Å². The van der Waals surface area contributed by atoms with Crippen molar-refractivity contribution in [2.75, 3.05) is 47.0 Å². The number of rotatable bonds is 10. The zero-order chi connectivity index (χ0) is 12.4. The molecule has 0 aromatic rings. The summed E-state index contributed by atoms with van der Waals surface area (Å²) < 4.78 is 5.02. The van der Waals surface area contributed by atoms with Gasteiger partial charge < -0.3 is 20.1 Å². The maximum atomic E-state index is 9.34. The van der Waals surface area contributed by atoms with Gasteiger partial charge in [0.2, 0.25) is 0 Å². The predicted molar refractivity (Wildman–Crippen MR) is 67.8 cm³/mol. The molecule has 0 spiro atoms. The molecular formula is C12H28N2O2. The molecule has 0 amide bonds. The van der Waals surface area contributed by atoms with Crippen LogP contribution in [0, 0.1) is 0 Å². The molecule has 0 aromatic carbocycles. The van der Waals surface area contributed by atoms with E-state index in [0.717, 1.165) is 39.1 Å². The molecule has 0 aliphatic heterocycles. The second-order valence-corrected chi connectivity index (χ2v) is 4.65. The standard InChI is InChI=1S/C12H28N2O2/c1-5-13-12(2,11-15)7-9-14(3)8-6-10-16-4/h13,15H,5-11H2,1-4H3. The molecule has 0 aliphatic carbocycles. The first-order chi connectivity index (χ1) is 7.58. The summed E-state index contributed by atoms with van der Waals surface area (Å²) in [6.07, 6.45) is 2.02. The van der Waals surface area contributed by atoms with Gasteiger partial charge in [-0.1, -0.05) is 6.92 Å². The van der Waals surface area contributed by atoms with E-state index in [-0.39, 0.29) is 12.1 Å². The van der Waals surface area contributed by atoms with Crippen molar-refractivity contribution in [2.45, 2.75) is 32.2 Å². The lowest BCUT2D eigenvalue weighted by molar-refractivity contribution is 0.146. The fourth-order valence-corrected chi connectivity index (χ4v) is 1.68. The Kier molecular flexibility index (Phi) is 8.84. The van der Waals surface area contributed by atoms with E-state index in [1.807, 2.05) is 0 Å². The number of methoxy groups -OCH3 is 1. The summed E-state index contributed by atoms with van der Waals surface area (Å²) in [5, 5.41) is 12.7. The quantitative estimate of drug-likeness (QED) is 0.544. The number of nitrogens with one attached hydrogen (secondary N) is 1. The number of nitrogens with zero attached hydrogens (tertiary/aromatic N) is 1. The van der Waals surface area contributed by atoms with Gasteiger partial charge in [0.15, 0.2) is 0 Å². The van der Waals surface area contributed by atoms with Gasteiger partial charge >= 0.3 is 0 Å². The molecule has 0 heterocycles. The van der Waals surface area contributed by atoms with E-state index >= 15 is 0 Å². The summed E-state index contributed by atoms with van der Waals surface area (Å²) in [6.45, 7) is 8.07. The van der Waals surface area contributed by atoms with Gasteiger partial charge in [-0.15, -0.1) is 0 Å². The predicted octanol–water partition coefficient (Wildman–Crippen LogP) is 0.705. The fourth-order valence-electron chi connectivity index (χ4n) is 1.68. The summed E-state index contributed by atoms with van der Waals surface area (Å²) in [6, 6.07) is 0. The third-order valence-corrected chi connectivity index (χ3v) is 2.89. The summed E-state index contributed by atoms with van der Waals surface area (Å²) >= 11 is 0. The van der Waals surface area contributed by atoms with Gasteiger partial charge in [-0.05, 0) is 39.9 Å². The number of hydrogen-bond donors (Lipinski definition) is 2. The number of hydrogen-bond acceptors (Lipinski definition) is 4. The van der Waals surface area contributed by atoms with Gasteiger partial charge in [-0.2, -0.15) is 0 Å². The van der Waals surface area contributed by atoms with E-state index < -0.39 is 0 Å². The van der Waals surface area contributed by atoms with Crippen LogP contribution in [0.1, 0.15) is 26.7 Å². The van der Waals surface area contributed by atoms with Crippen LogP contribution in [0.25, 0.3) is 0 Å². The summed E-state index contributed by atoms with van der Waals surface area (Å²) in [7, 11) is 3.84. The number of ether oxygens (including phenoxy) is 1. The lowest BCUT2D eigenvalue weighted by Gasteiger charge is -2.30. The Labute approximate surface area is 100.0 Å². The van der Waals surface area contributed by atoms with Crippen LogP contribution >= 0.6 is 0 Å². The number of aliphatic hydroxyl groups excluding tert-OH is 1. The molecule has 0 rings (SSSR count). The van der Waals surface area contributed by atoms with Gasteiger partial charge in [0.1, 0.15) is 0 Å². The average Bonchev–Trinajstić information content (AvgIpc) is 2.27. The molecule has 16 heavy (non-hydrogen) atoms. The molecule has 1 unspecified atom stereocenters. The highest BCUT2D eigenvalue weighted by Crippen LogP contribution is 2.09. The lowest BCUT2D eigenvalue weighted by atomic mass is 9.98. The molecule has 0 saturated carbocycles. The topological polar surface area (TPSA) is 44.7 Å². The minimum atomic E-state index is -0.149. The smallest absolute Gasteiger partial charge is 0.0611 e. The van der Waals surface area contributed by atoms with Crippen molar-refractivity contribution in [3.63, 3.8) is 0 Å². The van der Waals surface area contributed by atoms with Crippen molar-refractivity contribution >= 4 is 0 Å². The summed E-state index contributed by atoms with van der Waals surface area (Å²) in [4.78, 5) is 2.28. The molecule has 4 nitrogen and oxygen atoms in total. The first kappa shape index (κ1) is 15.8. The largest absolute Gasteiger partial charge is 0.394 e. The molecule has 0 bridgehead atoms. The van der Waals surface area contributed by atoms with Crippen molar-refractivity contribution < 1.29 is 9.84 Å². The van der Waals surface area contributed by atoms with Crippen molar-refractivity contribution in [2.24, 2.45) is 0 Å². The third kappa shape index (κ3) is 7.17. The maximum absolute atomic E-state index is 9.34. The molecule has 98 valence electrons. The molecule has 0 aromatic heterocycles. The van der Waals surface area contributed by atoms with E-state index in [1.165, 1.54) is 0 Å². The second kappa shape index (κ2) is 8.93. The minimum Gasteiger partial charge on any atom is -0.394 e. The minimum absolute atomic E-state index is 0.149. The van der Waals surface area contributed by atoms with Crippen LogP contribution in [-0.2, 0) is 4.74 Å². The SMILES string of the molecule is CCNC(C)(CO)CCN(C)CCCOC. The summed E-state index contributed by atoms with van der Waals surface area (Å²) in [5.41, 5.74) is -0.149. The van der Waals surface area contributed by atoms with Gasteiger partial charge in [-0.3, -0.25) is 0 Å². The zero-order valence-corrected chi connectivity index (χ0v) is 11.3. The molecule has 0 radical (unpaired) electrons. The van der Waals surface area contributed by atoms with Crippen LogP contribution in [0.5, 0.6) is 0 Å². The Hall–Kier alpha value is -0.160. The molecule has 0 saturated heterocycles. The molecular weight excluding hydrogens is 204 g/mol.